The van der Waals surface area contributed by atoms with Crippen LogP contribution in [0.1, 0.15) is 35.8 Å². The molecule has 0 saturated carbocycles. The van der Waals surface area contributed by atoms with E-state index in [4.69, 9.17) is 0 Å². The van der Waals surface area contributed by atoms with Crippen molar-refractivity contribution in [2.45, 2.75) is 24.7 Å². The Hall–Kier alpha value is -3.75. The summed E-state index contributed by atoms with van der Waals surface area (Å²) in [5.74, 6) is 0.0932. The van der Waals surface area contributed by atoms with Crippen LogP contribution in [0, 0.1) is 17.5 Å². The summed E-state index contributed by atoms with van der Waals surface area (Å²) in [5.41, 5.74) is 5.23. The highest BCUT2D eigenvalue weighted by atomic mass is 19.1. The van der Waals surface area contributed by atoms with E-state index in [1.807, 2.05) is 18.5 Å². The molecule has 2 aromatic heterocycles. The molecule has 0 spiro atoms. The third kappa shape index (κ3) is 5.53. The second-order valence-electron chi connectivity index (χ2n) is 11.9. The monoisotopic (exact) mass is 571 g/mol. The number of aromatic amines is 2. The summed E-state index contributed by atoms with van der Waals surface area (Å²) < 4.78 is 42.1. The number of nitrogens with zero attached hydrogens (tertiary/aromatic N) is 3. The van der Waals surface area contributed by atoms with Crippen LogP contribution >= 0.6 is 0 Å². The number of nitrogens with one attached hydrogen (secondary N) is 2. The summed E-state index contributed by atoms with van der Waals surface area (Å²) in [4.78, 5) is 13.8. The second kappa shape index (κ2) is 11.5. The van der Waals surface area contributed by atoms with Crippen LogP contribution in [-0.4, -0.2) is 72.1 Å². The maximum Gasteiger partial charge on any atom is 0.125 e. The van der Waals surface area contributed by atoms with E-state index in [0.717, 1.165) is 92.7 Å². The summed E-state index contributed by atoms with van der Waals surface area (Å²) in [6, 6.07) is 16.8. The molecular weight excluding hydrogens is 535 g/mol. The molecule has 3 aromatic carbocycles. The first-order valence-electron chi connectivity index (χ1n) is 15.0. The van der Waals surface area contributed by atoms with Crippen LogP contribution < -0.4 is 4.90 Å². The summed E-state index contributed by atoms with van der Waals surface area (Å²) in [5, 5.41) is 1.95. The molecule has 2 atom stereocenters. The first-order chi connectivity index (χ1) is 20.5. The zero-order valence-electron chi connectivity index (χ0n) is 23.6. The molecule has 218 valence electrons. The van der Waals surface area contributed by atoms with Gasteiger partial charge in [0.2, 0.25) is 0 Å². The van der Waals surface area contributed by atoms with Crippen LogP contribution in [-0.2, 0) is 0 Å². The average Bonchev–Trinajstić information content (AvgIpc) is 3.79. The van der Waals surface area contributed by atoms with Crippen molar-refractivity contribution in [1.29, 1.82) is 0 Å². The number of halogens is 3. The van der Waals surface area contributed by atoms with E-state index >= 15 is 0 Å². The van der Waals surface area contributed by atoms with Crippen molar-refractivity contribution >= 4 is 27.5 Å². The topological polar surface area (TPSA) is 41.3 Å². The lowest BCUT2D eigenvalue weighted by Crippen LogP contribution is -2.39. The van der Waals surface area contributed by atoms with Gasteiger partial charge in [-0.3, -0.25) is 0 Å². The van der Waals surface area contributed by atoms with Crippen molar-refractivity contribution in [3.05, 3.63) is 102 Å². The SMILES string of the molecule is Fc1cccc(N(CCN2CCC(c3c[nH]c4ccc(F)cc34)C2)CCN2CCC(c3c[nH]c4ccc(F)cc34)C2)c1. The van der Waals surface area contributed by atoms with Crippen molar-refractivity contribution in [1.82, 2.24) is 19.8 Å². The van der Waals surface area contributed by atoms with Gasteiger partial charge in [-0.1, -0.05) is 6.07 Å². The van der Waals surface area contributed by atoms with Crippen molar-refractivity contribution in [3.63, 3.8) is 0 Å². The van der Waals surface area contributed by atoms with E-state index < -0.39 is 0 Å². The largest absolute Gasteiger partial charge is 0.369 e. The molecule has 5 aromatic rings. The quantitative estimate of drug-likeness (QED) is 0.203. The van der Waals surface area contributed by atoms with Gasteiger partial charge in [0.15, 0.2) is 0 Å². The molecule has 0 radical (unpaired) electrons. The first kappa shape index (κ1) is 27.1. The smallest absolute Gasteiger partial charge is 0.125 e. The summed E-state index contributed by atoms with van der Waals surface area (Å²) >= 11 is 0. The maximum absolute atomic E-state index is 14.2. The Balaban J connectivity index is 0.988. The Morgan fingerprint density at radius 3 is 1.71 bits per heavy atom. The lowest BCUT2D eigenvalue weighted by molar-refractivity contribution is 0.323. The number of likely N-dealkylation sites (tertiary alicyclic amines) is 2. The van der Waals surface area contributed by atoms with Gasteiger partial charge in [0, 0.05) is 79.2 Å². The molecule has 2 unspecified atom stereocenters. The Bertz CT molecular complexity index is 1590. The molecule has 2 aliphatic heterocycles. The molecule has 42 heavy (non-hydrogen) atoms. The number of benzene rings is 3. The molecule has 2 saturated heterocycles. The third-order valence-electron chi connectivity index (χ3n) is 9.32. The molecule has 8 heteroatoms. The van der Waals surface area contributed by atoms with Gasteiger partial charge < -0.3 is 24.7 Å². The highest BCUT2D eigenvalue weighted by molar-refractivity contribution is 5.84. The van der Waals surface area contributed by atoms with Crippen LogP contribution in [0.4, 0.5) is 18.9 Å². The van der Waals surface area contributed by atoms with E-state index in [-0.39, 0.29) is 17.5 Å². The highest BCUT2D eigenvalue weighted by Crippen LogP contribution is 2.34. The highest BCUT2D eigenvalue weighted by Gasteiger charge is 2.28. The molecule has 0 amide bonds. The van der Waals surface area contributed by atoms with Crippen LogP contribution in [0.15, 0.2) is 73.1 Å². The molecular formula is C34H36F3N5. The van der Waals surface area contributed by atoms with Gasteiger partial charge >= 0.3 is 0 Å². The summed E-state index contributed by atoms with van der Waals surface area (Å²) in [6.07, 6.45) is 6.15. The number of hydrogen-bond donors (Lipinski definition) is 2. The fourth-order valence-electron chi connectivity index (χ4n) is 7.05. The van der Waals surface area contributed by atoms with Gasteiger partial charge in [-0.2, -0.15) is 0 Å². The normalized spacial score (nSPS) is 19.9. The average molecular weight is 572 g/mol. The standard InChI is InChI=1S/C34H36F3N5/c35-25-2-1-3-28(16-25)42(14-12-40-10-8-23(21-40)31-19-38-33-6-4-26(36)17-29(31)33)15-13-41-11-9-24(22-41)32-20-39-34-7-5-27(37)18-30(32)34/h1-7,16-20,23-24,38-39H,8-15,21-22H2. The molecule has 4 heterocycles. The predicted octanol–water partition coefficient (Wildman–Crippen LogP) is 6.85. The van der Waals surface area contributed by atoms with Crippen LogP contribution in [0.5, 0.6) is 0 Å². The lowest BCUT2D eigenvalue weighted by atomic mass is 9.98. The van der Waals surface area contributed by atoms with E-state index in [2.05, 4.69) is 24.7 Å². The number of anilines is 1. The minimum Gasteiger partial charge on any atom is -0.369 e. The molecule has 0 bridgehead atoms. The number of fused-ring (bicyclic) bond motifs is 2. The minimum atomic E-state index is -0.224. The number of rotatable bonds is 9. The van der Waals surface area contributed by atoms with Gasteiger partial charge in [-0.05, 0) is 103 Å². The van der Waals surface area contributed by atoms with Crippen molar-refractivity contribution in [2.24, 2.45) is 0 Å². The van der Waals surface area contributed by atoms with Gasteiger partial charge in [0.05, 0.1) is 0 Å². The molecule has 7 rings (SSSR count). The van der Waals surface area contributed by atoms with E-state index in [1.165, 1.54) is 29.3 Å². The zero-order valence-corrected chi connectivity index (χ0v) is 23.6. The Morgan fingerprint density at radius 2 is 1.19 bits per heavy atom. The van der Waals surface area contributed by atoms with Gasteiger partial charge in [-0.25, -0.2) is 13.2 Å². The molecule has 2 fully saturated rings. The molecule has 0 aliphatic carbocycles. The Labute approximate surface area is 243 Å². The second-order valence-corrected chi connectivity index (χ2v) is 11.9. The fraction of sp³-hybridized carbons (Fsp3) is 0.353. The lowest BCUT2D eigenvalue weighted by Gasteiger charge is -2.29. The van der Waals surface area contributed by atoms with Gasteiger partial charge in [0.1, 0.15) is 17.5 Å². The number of aromatic nitrogens is 2. The summed E-state index contributed by atoms with van der Waals surface area (Å²) in [6.45, 7) is 7.21. The van der Waals surface area contributed by atoms with Crippen molar-refractivity contribution in [2.75, 3.05) is 57.3 Å². The molecule has 2 aliphatic rings. The first-order valence-corrected chi connectivity index (χ1v) is 15.0. The van der Waals surface area contributed by atoms with E-state index in [0.29, 0.717) is 11.8 Å². The van der Waals surface area contributed by atoms with Gasteiger partial charge in [0.25, 0.3) is 0 Å². The van der Waals surface area contributed by atoms with E-state index in [9.17, 15) is 13.2 Å². The molecule has 5 nitrogen and oxygen atoms in total. The zero-order chi connectivity index (χ0) is 28.6. The van der Waals surface area contributed by atoms with Crippen LogP contribution in [0.3, 0.4) is 0 Å². The number of H-pyrrole nitrogens is 2. The third-order valence-corrected chi connectivity index (χ3v) is 9.32. The molecule has 2 N–H and O–H groups in total. The number of hydrogen-bond acceptors (Lipinski definition) is 3. The van der Waals surface area contributed by atoms with Crippen molar-refractivity contribution in [3.8, 4) is 0 Å². The van der Waals surface area contributed by atoms with Crippen LogP contribution in [0.2, 0.25) is 0 Å². The predicted molar refractivity (Wildman–Crippen MR) is 163 cm³/mol. The fourth-order valence-corrected chi connectivity index (χ4v) is 7.05. The van der Waals surface area contributed by atoms with Gasteiger partial charge in [-0.15, -0.1) is 0 Å². The Kier molecular flexibility index (Phi) is 7.42. The minimum absolute atomic E-state index is 0.205. The van der Waals surface area contributed by atoms with Crippen LogP contribution in [0.25, 0.3) is 21.8 Å². The maximum atomic E-state index is 14.2. The Morgan fingerprint density at radius 1 is 0.667 bits per heavy atom. The van der Waals surface area contributed by atoms with Crippen molar-refractivity contribution < 1.29 is 13.2 Å². The van der Waals surface area contributed by atoms with E-state index in [1.54, 1.807) is 36.4 Å². The summed E-state index contributed by atoms with van der Waals surface area (Å²) in [7, 11) is 0.